The number of cyclic esters (lactones) is 1. The highest BCUT2D eigenvalue weighted by Gasteiger charge is 2.48. The van der Waals surface area contributed by atoms with Crippen molar-refractivity contribution in [1.82, 2.24) is 0 Å². The standard InChI is InChI=1S/C8H11FO3/c1-6(10)8(2-4-9)3-5-12-7(8)11/h2-5H2,1H3. The molecule has 1 unspecified atom stereocenters. The molecule has 12 heavy (non-hydrogen) atoms. The Labute approximate surface area is 69.9 Å². The number of rotatable bonds is 3. The molecule has 1 saturated heterocycles. The summed E-state index contributed by atoms with van der Waals surface area (Å²) < 4.78 is 16.7. The molecule has 0 aromatic rings. The first-order valence-electron chi connectivity index (χ1n) is 3.88. The highest BCUT2D eigenvalue weighted by Crippen LogP contribution is 2.34. The van der Waals surface area contributed by atoms with Gasteiger partial charge in [0.1, 0.15) is 11.2 Å². The Kier molecular flexibility index (Phi) is 2.45. The van der Waals surface area contributed by atoms with Gasteiger partial charge < -0.3 is 4.74 Å². The van der Waals surface area contributed by atoms with Crippen LogP contribution in [0.2, 0.25) is 0 Å². The van der Waals surface area contributed by atoms with Gasteiger partial charge in [-0.05, 0) is 13.3 Å². The zero-order chi connectivity index (χ0) is 9.19. The predicted octanol–water partition coefficient (Wildman–Crippen LogP) is 0.868. The number of ketones is 1. The molecule has 1 atom stereocenters. The van der Waals surface area contributed by atoms with E-state index in [2.05, 4.69) is 4.74 Å². The van der Waals surface area contributed by atoms with Crippen molar-refractivity contribution in [1.29, 1.82) is 0 Å². The Balaban J connectivity index is 2.85. The molecule has 0 aromatic carbocycles. The summed E-state index contributed by atoms with van der Waals surface area (Å²) in [4.78, 5) is 22.2. The Morgan fingerprint density at radius 3 is 2.75 bits per heavy atom. The second kappa shape index (κ2) is 3.21. The highest BCUT2D eigenvalue weighted by atomic mass is 19.1. The van der Waals surface area contributed by atoms with Gasteiger partial charge in [-0.25, -0.2) is 0 Å². The van der Waals surface area contributed by atoms with Crippen molar-refractivity contribution in [3.63, 3.8) is 0 Å². The first-order chi connectivity index (χ1) is 5.63. The third-order valence-corrected chi connectivity index (χ3v) is 2.35. The lowest BCUT2D eigenvalue weighted by molar-refractivity contribution is -0.151. The number of alkyl halides is 1. The normalized spacial score (nSPS) is 28.7. The van der Waals surface area contributed by atoms with Gasteiger partial charge in [-0.3, -0.25) is 14.0 Å². The molecule has 0 radical (unpaired) electrons. The lowest BCUT2D eigenvalue weighted by Crippen LogP contribution is -2.34. The molecule has 0 spiro atoms. The van der Waals surface area contributed by atoms with Gasteiger partial charge in [-0.1, -0.05) is 0 Å². The first kappa shape index (κ1) is 9.16. The summed E-state index contributed by atoms with van der Waals surface area (Å²) in [6.45, 7) is 0.884. The van der Waals surface area contributed by atoms with Crippen molar-refractivity contribution in [2.24, 2.45) is 5.41 Å². The second-order valence-electron chi connectivity index (χ2n) is 2.96. The monoisotopic (exact) mass is 174 g/mol. The largest absolute Gasteiger partial charge is 0.465 e. The molecular weight excluding hydrogens is 163 g/mol. The average molecular weight is 174 g/mol. The van der Waals surface area contributed by atoms with E-state index in [-0.39, 0.29) is 18.8 Å². The molecule has 0 amide bonds. The van der Waals surface area contributed by atoms with Crippen molar-refractivity contribution < 1.29 is 18.7 Å². The van der Waals surface area contributed by atoms with Gasteiger partial charge in [-0.2, -0.15) is 0 Å². The molecule has 1 fully saturated rings. The van der Waals surface area contributed by atoms with E-state index in [1.807, 2.05) is 0 Å². The third-order valence-electron chi connectivity index (χ3n) is 2.35. The summed E-state index contributed by atoms with van der Waals surface area (Å²) in [6.07, 6.45) is 0.284. The van der Waals surface area contributed by atoms with E-state index in [1.165, 1.54) is 6.92 Å². The summed E-state index contributed by atoms with van der Waals surface area (Å²) in [5.74, 6) is -0.852. The zero-order valence-electron chi connectivity index (χ0n) is 6.93. The minimum absolute atomic E-state index is 0.0405. The summed E-state index contributed by atoms with van der Waals surface area (Å²) in [7, 11) is 0. The van der Waals surface area contributed by atoms with Crippen LogP contribution in [0.25, 0.3) is 0 Å². The summed E-state index contributed by atoms with van der Waals surface area (Å²) in [5.41, 5.74) is -1.17. The van der Waals surface area contributed by atoms with Gasteiger partial charge in [0, 0.05) is 6.42 Å². The smallest absolute Gasteiger partial charge is 0.319 e. The van der Waals surface area contributed by atoms with Crippen molar-refractivity contribution in [3.8, 4) is 0 Å². The maximum atomic E-state index is 12.1. The molecular formula is C8H11FO3. The number of Topliss-reactive ketones (excluding diaryl/α,β-unsaturated/α-hetero) is 1. The number of carbonyl (C=O) groups is 2. The number of hydrogen-bond donors (Lipinski definition) is 0. The van der Waals surface area contributed by atoms with Crippen molar-refractivity contribution >= 4 is 11.8 Å². The maximum absolute atomic E-state index is 12.1. The number of hydrogen-bond acceptors (Lipinski definition) is 3. The molecule has 0 aromatic heterocycles. The Bertz CT molecular complexity index is 214. The Morgan fingerprint density at radius 2 is 2.42 bits per heavy atom. The summed E-state index contributed by atoms with van der Waals surface area (Å²) in [6, 6.07) is 0. The fraction of sp³-hybridized carbons (Fsp3) is 0.750. The van der Waals surface area contributed by atoms with Crippen LogP contribution in [0, 0.1) is 5.41 Å². The molecule has 1 rings (SSSR count). The fourth-order valence-corrected chi connectivity index (χ4v) is 1.44. The third kappa shape index (κ3) is 1.21. The number of carbonyl (C=O) groups excluding carboxylic acids is 2. The van der Waals surface area contributed by atoms with E-state index in [1.54, 1.807) is 0 Å². The fourth-order valence-electron chi connectivity index (χ4n) is 1.44. The Morgan fingerprint density at radius 1 is 1.75 bits per heavy atom. The van der Waals surface area contributed by atoms with E-state index in [0.29, 0.717) is 6.42 Å². The molecule has 0 N–H and O–H groups in total. The minimum Gasteiger partial charge on any atom is -0.465 e. The quantitative estimate of drug-likeness (QED) is 0.471. The summed E-state index contributed by atoms with van der Waals surface area (Å²) >= 11 is 0. The minimum atomic E-state index is -1.17. The molecule has 3 nitrogen and oxygen atoms in total. The molecule has 0 bridgehead atoms. The van der Waals surface area contributed by atoms with Gasteiger partial charge in [0.25, 0.3) is 0 Å². The lowest BCUT2D eigenvalue weighted by atomic mass is 9.80. The first-order valence-corrected chi connectivity index (χ1v) is 3.88. The van der Waals surface area contributed by atoms with Crippen LogP contribution in [0.5, 0.6) is 0 Å². The molecule has 4 heteroatoms. The van der Waals surface area contributed by atoms with Crippen LogP contribution in [-0.4, -0.2) is 25.0 Å². The molecule has 1 aliphatic rings. The van der Waals surface area contributed by atoms with Gasteiger partial charge in [0.05, 0.1) is 13.3 Å². The van der Waals surface area contributed by atoms with Crippen LogP contribution >= 0.6 is 0 Å². The van der Waals surface area contributed by atoms with Crippen LogP contribution < -0.4 is 0 Å². The van der Waals surface area contributed by atoms with Gasteiger partial charge in [0.2, 0.25) is 0 Å². The molecule has 0 saturated carbocycles. The van der Waals surface area contributed by atoms with E-state index < -0.39 is 18.1 Å². The topological polar surface area (TPSA) is 43.4 Å². The van der Waals surface area contributed by atoms with Gasteiger partial charge in [-0.15, -0.1) is 0 Å². The van der Waals surface area contributed by atoms with Crippen LogP contribution in [0.15, 0.2) is 0 Å². The van der Waals surface area contributed by atoms with E-state index in [4.69, 9.17) is 0 Å². The summed E-state index contributed by atoms with van der Waals surface area (Å²) in [5, 5.41) is 0. The number of esters is 1. The zero-order valence-corrected chi connectivity index (χ0v) is 6.93. The van der Waals surface area contributed by atoms with E-state index >= 15 is 0 Å². The van der Waals surface area contributed by atoms with Crippen molar-refractivity contribution in [2.45, 2.75) is 19.8 Å². The average Bonchev–Trinajstić information content (AvgIpc) is 2.34. The maximum Gasteiger partial charge on any atom is 0.319 e. The van der Waals surface area contributed by atoms with E-state index in [0.717, 1.165) is 0 Å². The lowest BCUT2D eigenvalue weighted by Gasteiger charge is -2.18. The van der Waals surface area contributed by atoms with Crippen LogP contribution in [0.4, 0.5) is 4.39 Å². The number of ether oxygens (including phenoxy) is 1. The van der Waals surface area contributed by atoms with Crippen molar-refractivity contribution in [3.05, 3.63) is 0 Å². The predicted molar refractivity (Wildman–Crippen MR) is 39.3 cm³/mol. The van der Waals surface area contributed by atoms with Crippen molar-refractivity contribution in [2.75, 3.05) is 13.3 Å². The number of halogens is 1. The van der Waals surface area contributed by atoms with Crippen LogP contribution in [-0.2, 0) is 14.3 Å². The highest BCUT2D eigenvalue weighted by molar-refractivity contribution is 6.03. The molecule has 1 heterocycles. The van der Waals surface area contributed by atoms with Gasteiger partial charge in [0.15, 0.2) is 0 Å². The SMILES string of the molecule is CC(=O)C1(CCF)CCOC1=O. The Hall–Kier alpha value is -0.930. The molecule has 0 aliphatic carbocycles. The van der Waals surface area contributed by atoms with E-state index in [9.17, 15) is 14.0 Å². The van der Waals surface area contributed by atoms with Gasteiger partial charge >= 0.3 is 5.97 Å². The van der Waals surface area contributed by atoms with Crippen LogP contribution in [0.3, 0.4) is 0 Å². The second-order valence-corrected chi connectivity index (χ2v) is 2.96. The van der Waals surface area contributed by atoms with Crippen LogP contribution in [0.1, 0.15) is 19.8 Å². The molecule has 68 valence electrons. The molecule has 1 aliphatic heterocycles.